The molecule has 0 amide bonds. The Kier molecular flexibility index (Phi) is 5.96. The van der Waals surface area contributed by atoms with Crippen LogP contribution in [0.15, 0.2) is 188 Å². The first-order valence-corrected chi connectivity index (χ1v) is 17.5. The van der Waals surface area contributed by atoms with Crippen molar-refractivity contribution in [2.24, 2.45) is 0 Å². The molecule has 0 aliphatic heterocycles. The maximum atomic E-state index is 2.43. The van der Waals surface area contributed by atoms with E-state index in [-0.39, 0.29) is 0 Å². The average Bonchev–Trinajstić information content (AvgIpc) is 3.83. The van der Waals surface area contributed by atoms with Crippen LogP contribution in [0.4, 0.5) is 0 Å². The lowest BCUT2D eigenvalue weighted by molar-refractivity contribution is 1.16. The summed E-state index contributed by atoms with van der Waals surface area (Å²) in [6.45, 7) is 0. The zero-order valence-corrected chi connectivity index (χ0v) is 27.7. The van der Waals surface area contributed by atoms with Crippen LogP contribution in [-0.4, -0.2) is 13.7 Å². The van der Waals surface area contributed by atoms with Crippen molar-refractivity contribution in [3.63, 3.8) is 0 Å². The van der Waals surface area contributed by atoms with E-state index < -0.39 is 0 Å². The molecule has 0 N–H and O–H groups in total. The van der Waals surface area contributed by atoms with Crippen molar-refractivity contribution in [1.82, 2.24) is 13.7 Å². The van der Waals surface area contributed by atoms with E-state index >= 15 is 0 Å². The van der Waals surface area contributed by atoms with Crippen LogP contribution in [0.2, 0.25) is 0 Å². The first kappa shape index (κ1) is 28.0. The van der Waals surface area contributed by atoms with Gasteiger partial charge in [-0.1, -0.05) is 109 Å². The topological polar surface area (TPSA) is 14.8 Å². The van der Waals surface area contributed by atoms with Gasteiger partial charge in [-0.15, -0.1) is 0 Å². The van der Waals surface area contributed by atoms with Crippen molar-refractivity contribution < 1.29 is 0 Å². The standard InChI is InChI=1S/C48H31N3/c1-3-13-34(14-4-1)49-43-20-10-7-17-37(43)40-29-33(25-28-46(40)49)32-23-26-36(27-24-32)51-45-22-12-9-19-39(45)42-30-41-38-18-8-11-21-44(38)50(47(41)31-48(42)51)35-15-5-2-6-16-35/h1-31H. The van der Waals surface area contributed by atoms with Gasteiger partial charge < -0.3 is 13.7 Å². The molecule has 0 aliphatic carbocycles. The van der Waals surface area contributed by atoms with E-state index in [0.717, 1.165) is 5.69 Å². The summed E-state index contributed by atoms with van der Waals surface area (Å²) in [7, 11) is 0. The molecule has 0 saturated carbocycles. The number of hydrogen-bond donors (Lipinski definition) is 0. The molecule has 0 saturated heterocycles. The fourth-order valence-electron chi connectivity index (χ4n) is 8.38. The molecule has 0 aliphatic rings. The molecular weight excluding hydrogens is 619 g/mol. The largest absolute Gasteiger partial charge is 0.309 e. The van der Waals surface area contributed by atoms with Crippen molar-refractivity contribution in [2.75, 3.05) is 0 Å². The van der Waals surface area contributed by atoms with Crippen LogP contribution in [0.25, 0.3) is 93.6 Å². The molecule has 3 heterocycles. The third kappa shape index (κ3) is 4.12. The maximum Gasteiger partial charge on any atom is 0.0562 e. The lowest BCUT2D eigenvalue weighted by atomic mass is 10.0. The predicted molar refractivity (Wildman–Crippen MR) is 215 cm³/mol. The number of aromatic nitrogens is 3. The van der Waals surface area contributed by atoms with E-state index in [0.29, 0.717) is 0 Å². The normalized spacial score (nSPS) is 11.9. The van der Waals surface area contributed by atoms with E-state index in [1.165, 1.54) is 87.9 Å². The van der Waals surface area contributed by atoms with E-state index in [2.05, 4.69) is 202 Å². The van der Waals surface area contributed by atoms with Crippen molar-refractivity contribution >= 4 is 65.4 Å². The first-order chi connectivity index (χ1) is 25.3. The van der Waals surface area contributed by atoms with Gasteiger partial charge in [0.05, 0.1) is 33.1 Å². The fourth-order valence-corrected chi connectivity index (χ4v) is 8.38. The second kappa shape index (κ2) is 10.8. The highest BCUT2D eigenvalue weighted by atomic mass is 15.0. The Morgan fingerprint density at radius 1 is 0.216 bits per heavy atom. The number of nitrogens with zero attached hydrogens (tertiary/aromatic N) is 3. The molecule has 238 valence electrons. The van der Waals surface area contributed by atoms with Crippen LogP contribution >= 0.6 is 0 Å². The highest BCUT2D eigenvalue weighted by Crippen LogP contribution is 2.40. The molecule has 8 aromatic carbocycles. The SMILES string of the molecule is c1ccc(-n2c3ccccc3c3cc(-c4ccc(-n5c6ccccc6c6cc7c8ccccc8n(-c8ccccc8)c7cc65)cc4)ccc32)cc1. The Hall–Kier alpha value is -6.84. The van der Waals surface area contributed by atoms with Gasteiger partial charge in [0.25, 0.3) is 0 Å². The molecule has 11 aromatic rings. The van der Waals surface area contributed by atoms with E-state index in [1.807, 2.05) is 0 Å². The van der Waals surface area contributed by atoms with Crippen LogP contribution in [0.3, 0.4) is 0 Å². The number of hydrogen-bond acceptors (Lipinski definition) is 0. The molecule has 51 heavy (non-hydrogen) atoms. The molecule has 3 heteroatoms. The van der Waals surface area contributed by atoms with Crippen LogP contribution in [0.1, 0.15) is 0 Å². The number of rotatable bonds is 4. The number of benzene rings is 8. The Morgan fingerprint density at radius 2 is 0.588 bits per heavy atom. The summed E-state index contributed by atoms with van der Waals surface area (Å²) in [5.74, 6) is 0. The second-order valence-electron chi connectivity index (χ2n) is 13.4. The van der Waals surface area contributed by atoms with Gasteiger partial charge in [0.15, 0.2) is 0 Å². The van der Waals surface area contributed by atoms with Crippen LogP contribution in [0.5, 0.6) is 0 Å². The molecule has 0 spiro atoms. The molecule has 0 fully saturated rings. The van der Waals surface area contributed by atoms with Crippen molar-refractivity contribution in [3.05, 3.63) is 188 Å². The van der Waals surface area contributed by atoms with E-state index in [9.17, 15) is 0 Å². The highest BCUT2D eigenvalue weighted by Gasteiger charge is 2.19. The molecule has 11 rings (SSSR count). The zero-order valence-electron chi connectivity index (χ0n) is 27.7. The van der Waals surface area contributed by atoms with Crippen molar-refractivity contribution in [3.8, 4) is 28.2 Å². The molecule has 0 atom stereocenters. The monoisotopic (exact) mass is 649 g/mol. The van der Waals surface area contributed by atoms with E-state index in [1.54, 1.807) is 0 Å². The molecule has 3 nitrogen and oxygen atoms in total. The fraction of sp³-hybridized carbons (Fsp3) is 0. The second-order valence-corrected chi connectivity index (χ2v) is 13.4. The third-order valence-corrected chi connectivity index (χ3v) is 10.6. The lowest BCUT2D eigenvalue weighted by Crippen LogP contribution is -1.96. The number of para-hydroxylation sites is 5. The summed E-state index contributed by atoms with van der Waals surface area (Å²) in [5.41, 5.74) is 13.2. The maximum absolute atomic E-state index is 2.43. The molecule has 0 unspecified atom stereocenters. The predicted octanol–water partition coefficient (Wildman–Crippen LogP) is 12.6. The Labute approximate surface area is 294 Å². The van der Waals surface area contributed by atoms with E-state index in [4.69, 9.17) is 0 Å². The van der Waals surface area contributed by atoms with Crippen LogP contribution in [0, 0.1) is 0 Å². The quantitative estimate of drug-likeness (QED) is 0.180. The average molecular weight is 650 g/mol. The van der Waals surface area contributed by atoms with Crippen LogP contribution < -0.4 is 0 Å². The Balaban J connectivity index is 1.09. The van der Waals surface area contributed by atoms with Gasteiger partial charge >= 0.3 is 0 Å². The Bertz CT molecular complexity index is 3110. The van der Waals surface area contributed by atoms with Gasteiger partial charge in [-0.25, -0.2) is 0 Å². The minimum Gasteiger partial charge on any atom is -0.309 e. The van der Waals surface area contributed by atoms with Crippen molar-refractivity contribution in [1.29, 1.82) is 0 Å². The summed E-state index contributed by atoms with van der Waals surface area (Å²) < 4.78 is 7.20. The van der Waals surface area contributed by atoms with Gasteiger partial charge in [-0.3, -0.25) is 0 Å². The summed E-state index contributed by atoms with van der Waals surface area (Å²) in [6, 6.07) is 68.4. The minimum absolute atomic E-state index is 1.15. The smallest absolute Gasteiger partial charge is 0.0562 e. The van der Waals surface area contributed by atoms with Gasteiger partial charge in [-0.05, 0) is 90.0 Å². The van der Waals surface area contributed by atoms with Gasteiger partial charge in [0.2, 0.25) is 0 Å². The molecule has 0 radical (unpaired) electrons. The number of fused-ring (bicyclic) bond motifs is 9. The summed E-state index contributed by atoms with van der Waals surface area (Å²) in [5, 5.41) is 7.58. The molecule has 0 bridgehead atoms. The summed E-state index contributed by atoms with van der Waals surface area (Å²) >= 11 is 0. The van der Waals surface area contributed by atoms with Crippen molar-refractivity contribution in [2.45, 2.75) is 0 Å². The first-order valence-electron chi connectivity index (χ1n) is 17.5. The van der Waals surface area contributed by atoms with Gasteiger partial charge in [0, 0.05) is 49.4 Å². The minimum atomic E-state index is 1.15. The molecule has 3 aromatic heterocycles. The summed E-state index contributed by atoms with van der Waals surface area (Å²) in [4.78, 5) is 0. The molecular formula is C48H31N3. The highest BCUT2D eigenvalue weighted by molar-refractivity contribution is 6.19. The van der Waals surface area contributed by atoms with Gasteiger partial charge in [0.1, 0.15) is 0 Å². The third-order valence-electron chi connectivity index (χ3n) is 10.6. The Morgan fingerprint density at radius 3 is 1.10 bits per heavy atom. The lowest BCUT2D eigenvalue weighted by Gasteiger charge is -2.11. The van der Waals surface area contributed by atoms with Gasteiger partial charge in [-0.2, -0.15) is 0 Å². The summed E-state index contributed by atoms with van der Waals surface area (Å²) in [6.07, 6.45) is 0. The van der Waals surface area contributed by atoms with Crippen LogP contribution in [-0.2, 0) is 0 Å². The zero-order chi connectivity index (χ0) is 33.5.